The van der Waals surface area contributed by atoms with E-state index in [1.807, 2.05) is 0 Å². The number of unbranched alkanes of at least 4 members (excludes halogenated alkanes) is 4. The van der Waals surface area contributed by atoms with E-state index in [0.29, 0.717) is 11.8 Å². The van der Waals surface area contributed by atoms with Gasteiger partial charge in [-0.25, -0.2) is 0 Å². The Labute approximate surface area is 190 Å². The predicted molar refractivity (Wildman–Crippen MR) is 132 cm³/mol. The summed E-state index contributed by atoms with van der Waals surface area (Å²) in [5.74, 6) is 0.197. The van der Waals surface area contributed by atoms with Gasteiger partial charge in [-0.1, -0.05) is 94.8 Å². The average molecular weight is 423 g/mol. The van der Waals surface area contributed by atoms with Crippen LogP contribution in [0.2, 0.25) is 0 Å². The average Bonchev–Trinajstić information content (AvgIpc) is 3.19. The molecule has 2 unspecified atom stereocenters. The Morgan fingerprint density at radius 2 is 1.52 bits per heavy atom. The van der Waals surface area contributed by atoms with Crippen LogP contribution < -0.4 is 0 Å². The molecule has 1 aliphatic carbocycles. The minimum Gasteiger partial charge on any atom is -0.353 e. The summed E-state index contributed by atoms with van der Waals surface area (Å²) in [5, 5.41) is 0. The lowest BCUT2D eigenvalue weighted by molar-refractivity contribution is -0.233. The fraction of sp³-hybridized carbons (Fsp3) is 0.586. The molecule has 0 aliphatic heterocycles. The molecule has 0 N–H and O–H groups in total. The molecule has 170 valence electrons. The highest BCUT2D eigenvalue weighted by Crippen LogP contribution is 2.47. The minimum atomic E-state index is -0.571. The maximum atomic E-state index is 6.01. The highest BCUT2D eigenvalue weighted by Gasteiger charge is 2.41. The number of benzene rings is 2. The number of ether oxygens (including phenoxy) is 2. The van der Waals surface area contributed by atoms with Crippen LogP contribution in [0.25, 0.3) is 11.1 Å². The standard InChI is InChI=1S/C29H42O2/c1-6-8-9-10-11-18-26(28(15-7-2)29(3,30-4)31-5)25-20-14-19-24-23-17-13-12-16-22(23)21-27(24)25/h12-14,16-17,19-20,26,28H,6-11,15,18,21H2,1-5H3. The summed E-state index contributed by atoms with van der Waals surface area (Å²) in [5.41, 5.74) is 7.34. The van der Waals surface area contributed by atoms with Crippen LogP contribution in [-0.4, -0.2) is 20.0 Å². The van der Waals surface area contributed by atoms with Gasteiger partial charge in [0.25, 0.3) is 0 Å². The van der Waals surface area contributed by atoms with Crippen LogP contribution in [0.4, 0.5) is 0 Å². The lowest BCUT2D eigenvalue weighted by Crippen LogP contribution is -2.42. The number of rotatable bonds is 13. The summed E-state index contributed by atoms with van der Waals surface area (Å²) in [6.07, 6.45) is 11.0. The summed E-state index contributed by atoms with van der Waals surface area (Å²) in [6.45, 7) is 6.70. The minimum absolute atomic E-state index is 0.328. The van der Waals surface area contributed by atoms with E-state index in [0.717, 1.165) is 19.3 Å². The Morgan fingerprint density at radius 1 is 0.806 bits per heavy atom. The summed E-state index contributed by atoms with van der Waals surface area (Å²) in [6, 6.07) is 15.9. The fourth-order valence-corrected chi connectivity index (χ4v) is 5.60. The summed E-state index contributed by atoms with van der Waals surface area (Å²) in [4.78, 5) is 0. The van der Waals surface area contributed by atoms with Gasteiger partial charge >= 0.3 is 0 Å². The Hall–Kier alpha value is -1.64. The van der Waals surface area contributed by atoms with Gasteiger partial charge in [0, 0.05) is 20.1 Å². The molecular formula is C29H42O2. The summed E-state index contributed by atoms with van der Waals surface area (Å²) < 4.78 is 12.0. The first-order chi connectivity index (χ1) is 15.1. The lowest BCUT2D eigenvalue weighted by atomic mass is 9.73. The number of hydrogen-bond acceptors (Lipinski definition) is 2. The first-order valence-corrected chi connectivity index (χ1v) is 12.4. The maximum Gasteiger partial charge on any atom is 0.168 e. The second-order valence-corrected chi connectivity index (χ2v) is 9.34. The van der Waals surface area contributed by atoms with E-state index < -0.39 is 5.79 Å². The van der Waals surface area contributed by atoms with Crippen molar-refractivity contribution < 1.29 is 9.47 Å². The Kier molecular flexibility index (Phi) is 8.75. The van der Waals surface area contributed by atoms with Gasteiger partial charge in [-0.2, -0.15) is 0 Å². The molecule has 0 aromatic heterocycles. The second kappa shape index (κ2) is 11.3. The van der Waals surface area contributed by atoms with Crippen molar-refractivity contribution in [1.29, 1.82) is 0 Å². The molecule has 0 fully saturated rings. The zero-order chi connectivity index (χ0) is 22.3. The normalized spacial score (nSPS) is 14.9. The highest BCUT2D eigenvalue weighted by molar-refractivity contribution is 5.78. The summed E-state index contributed by atoms with van der Waals surface area (Å²) in [7, 11) is 3.60. The van der Waals surface area contributed by atoms with E-state index in [9.17, 15) is 0 Å². The molecule has 2 nitrogen and oxygen atoms in total. The maximum absolute atomic E-state index is 6.01. The summed E-state index contributed by atoms with van der Waals surface area (Å²) >= 11 is 0. The smallest absolute Gasteiger partial charge is 0.168 e. The second-order valence-electron chi connectivity index (χ2n) is 9.34. The van der Waals surface area contributed by atoms with Gasteiger partial charge < -0.3 is 9.47 Å². The van der Waals surface area contributed by atoms with Crippen LogP contribution in [0.5, 0.6) is 0 Å². The van der Waals surface area contributed by atoms with E-state index in [1.54, 1.807) is 14.2 Å². The molecule has 2 aromatic carbocycles. The Bertz CT molecular complexity index is 821. The topological polar surface area (TPSA) is 18.5 Å². The molecule has 0 amide bonds. The van der Waals surface area contributed by atoms with Crippen molar-refractivity contribution in [3.63, 3.8) is 0 Å². The third-order valence-corrected chi connectivity index (χ3v) is 7.47. The van der Waals surface area contributed by atoms with Crippen molar-refractivity contribution in [3.8, 4) is 11.1 Å². The third kappa shape index (κ3) is 5.23. The quantitative estimate of drug-likeness (QED) is 0.204. The zero-order valence-electron chi connectivity index (χ0n) is 20.4. The zero-order valence-corrected chi connectivity index (χ0v) is 20.4. The van der Waals surface area contributed by atoms with E-state index in [4.69, 9.17) is 9.47 Å². The molecule has 0 saturated carbocycles. The fourth-order valence-electron chi connectivity index (χ4n) is 5.60. The molecule has 0 bridgehead atoms. The molecule has 3 rings (SSSR count). The molecule has 1 aliphatic rings. The monoisotopic (exact) mass is 422 g/mol. The first kappa shape index (κ1) is 24.0. The molecule has 0 heterocycles. The highest BCUT2D eigenvalue weighted by atomic mass is 16.7. The molecule has 2 heteroatoms. The molecule has 0 saturated heterocycles. The Morgan fingerprint density at radius 3 is 2.23 bits per heavy atom. The molecule has 2 atom stereocenters. The van der Waals surface area contributed by atoms with E-state index in [2.05, 4.69) is 63.2 Å². The van der Waals surface area contributed by atoms with E-state index >= 15 is 0 Å². The van der Waals surface area contributed by atoms with Gasteiger partial charge in [0.05, 0.1) is 0 Å². The molecule has 0 radical (unpaired) electrons. The van der Waals surface area contributed by atoms with Gasteiger partial charge in [-0.15, -0.1) is 0 Å². The number of hydrogen-bond donors (Lipinski definition) is 0. The lowest BCUT2D eigenvalue weighted by Gasteiger charge is -2.41. The molecule has 0 spiro atoms. The van der Waals surface area contributed by atoms with Crippen LogP contribution in [0, 0.1) is 5.92 Å². The van der Waals surface area contributed by atoms with Gasteiger partial charge in [-0.3, -0.25) is 0 Å². The van der Waals surface area contributed by atoms with Gasteiger partial charge in [0.1, 0.15) is 0 Å². The molecular weight excluding hydrogens is 380 g/mol. The van der Waals surface area contributed by atoms with Crippen molar-refractivity contribution in [1.82, 2.24) is 0 Å². The van der Waals surface area contributed by atoms with Crippen LogP contribution >= 0.6 is 0 Å². The predicted octanol–water partition coefficient (Wildman–Crippen LogP) is 8.13. The van der Waals surface area contributed by atoms with Crippen molar-refractivity contribution in [2.45, 2.75) is 90.3 Å². The third-order valence-electron chi connectivity index (χ3n) is 7.47. The van der Waals surface area contributed by atoms with Crippen LogP contribution in [-0.2, 0) is 15.9 Å². The van der Waals surface area contributed by atoms with Crippen molar-refractivity contribution >= 4 is 0 Å². The van der Waals surface area contributed by atoms with Crippen LogP contribution in [0.15, 0.2) is 42.5 Å². The first-order valence-electron chi connectivity index (χ1n) is 12.4. The van der Waals surface area contributed by atoms with E-state index in [-0.39, 0.29) is 0 Å². The SMILES string of the molecule is CCCCCCCC(c1cccc2c1Cc1ccccc1-2)C(CCC)C(C)(OC)OC. The molecule has 2 aromatic rings. The van der Waals surface area contributed by atoms with Gasteiger partial charge in [0.15, 0.2) is 5.79 Å². The van der Waals surface area contributed by atoms with Crippen molar-refractivity contribution in [3.05, 3.63) is 59.2 Å². The van der Waals surface area contributed by atoms with E-state index in [1.165, 1.54) is 66.3 Å². The van der Waals surface area contributed by atoms with Gasteiger partial charge in [0.2, 0.25) is 0 Å². The number of fused-ring (bicyclic) bond motifs is 3. The molecule has 31 heavy (non-hydrogen) atoms. The van der Waals surface area contributed by atoms with Crippen molar-refractivity contribution in [2.75, 3.05) is 14.2 Å². The Balaban J connectivity index is 1.99. The largest absolute Gasteiger partial charge is 0.353 e. The van der Waals surface area contributed by atoms with Crippen LogP contribution in [0.1, 0.15) is 94.7 Å². The van der Waals surface area contributed by atoms with Gasteiger partial charge in [-0.05, 0) is 59.9 Å². The van der Waals surface area contributed by atoms with Crippen molar-refractivity contribution in [2.24, 2.45) is 5.92 Å². The number of methoxy groups -OCH3 is 2. The van der Waals surface area contributed by atoms with Crippen LogP contribution in [0.3, 0.4) is 0 Å².